The van der Waals surface area contributed by atoms with Crippen LogP contribution in [0.1, 0.15) is 45.8 Å². The van der Waals surface area contributed by atoms with Gasteiger partial charge in [0.25, 0.3) is 5.91 Å². The van der Waals surface area contributed by atoms with Crippen LogP contribution in [0.15, 0.2) is 54.6 Å². The molecule has 1 atom stereocenters. The molecule has 3 heterocycles. The molecule has 1 aliphatic rings. The van der Waals surface area contributed by atoms with Crippen LogP contribution in [0.3, 0.4) is 0 Å². The molecule has 10 heteroatoms. The maximum absolute atomic E-state index is 13.6. The Hall–Kier alpha value is -4.05. The first kappa shape index (κ1) is 24.6. The fourth-order valence-corrected chi connectivity index (χ4v) is 6.30. The summed E-state index contributed by atoms with van der Waals surface area (Å²) in [6, 6.07) is 15.4. The number of methoxy groups -OCH3 is 1. The van der Waals surface area contributed by atoms with E-state index < -0.39 is 9.84 Å². The predicted octanol–water partition coefficient (Wildman–Crippen LogP) is 4.23. The van der Waals surface area contributed by atoms with Gasteiger partial charge in [-0.25, -0.2) is 18.1 Å². The van der Waals surface area contributed by atoms with E-state index in [1.165, 1.54) is 6.92 Å². The van der Waals surface area contributed by atoms with Gasteiger partial charge in [-0.3, -0.25) is 9.59 Å². The first-order valence-electron chi connectivity index (χ1n) is 11.8. The second-order valence-corrected chi connectivity index (χ2v) is 11.4. The average molecular weight is 519 g/mol. The summed E-state index contributed by atoms with van der Waals surface area (Å²) in [4.78, 5) is 30.0. The number of hydrogen-bond acceptors (Lipinski definition) is 7. The fraction of sp³-hybridized carbons (Fsp3) is 0.259. The number of ether oxygens (including phenoxy) is 1. The average Bonchev–Trinajstić information content (AvgIpc) is 3.42. The molecule has 0 spiro atoms. The van der Waals surface area contributed by atoms with Crippen LogP contribution in [0, 0.1) is 6.92 Å². The maximum Gasteiger partial charge on any atom is 0.256 e. The van der Waals surface area contributed by atoms with E-state index in [1.54, 1.807) is 49.0 Å². The number of nitrogens with one attached hydrogen (secondary N) is 1. The third-order valence-corrected chi connectivity index (χ3v) is 8.32. The molecule has 1 amide bonds. The van der Waals surface area contributed by atoms with E-state index in [-0.39, 0.29) is 29.2 Å². The lowest BCUT2D eigenvalue weighted by atomic mass is 10.0. The van der Waals surface area contributed by atoms with E-state index in [0.717, 1.165) is 5.56 Å². The van der Waals surface area contributed by atoms with Crippen molar-refractivity contribution in [2.75, 3.05) is 23.9 Å². The van der Waals surface area contributed by atoms with Crippen molar-refractivity contribution in [1.29, 1.82) is 0 Å². The highest BCUT2D eigenvalue weighted by atomic mass is 32.2. The predicted molar refractivity (Wildman–Crippen MR) is 141 cm³/mol. The van der Waals surface area contributed by atoms with Crippen molar-refractivity contribution >= 4 is 38.2 Å². The largest absolute Gasteiger partial charge is 0.497 e. The van der Waals surface area contributed by atoms with Gasteiger partial charge in [-0.2, -0.15) is 5.10 Å². The quantitative estimate of drug-likeness (QED) is 0.379. The molecule has 1 N–H and O–H groups in total. The normalized spacial score (nSPS) is 16.6. The molecule has 9 nitrogen and oxygen atoms in total. The molecule has 0 bridgehead atoms. The Labute approximate surface area is 214 Å². The second-order valence-electron chi connectivity index (χ2n) is 9.16. The summed E-state index contributed by atoms with van der Waals surface area (Å²) in [6.45, 7) is 3.27. The third kappa shape index (κ3) is 4.84. The number of fused-ring (bicyclic) bond motifs is 1. The van der Waals surface area contributed by atoms with Crippen LogP contribution >= 0.6 is 0 Å². The van der Waals surface area contributed by atoms with Crippen molar-refractivity contribution < 1.29 is 22.7 Å². The van der Waals surface area contributed by atoms with Crippen LogP contribution in [-0.4, -0.2) is 53.5 Å². The van der Waals surface area contributed by atoms with E-state index in [2.05, 4.69) is 10.4 Å². The SMILES string of the molecule is COc1ccc(-c2cc(C(=O)Nc3ccc(C(C)=O)cc3)c3c(C)nn(C4CCS(=O)(=O)C4)c3n2)cc1. The number of aromatic nitrogens is 3. The molecule has 37 heavy (non-hydrogen) atoms. The zero-order valence-electron chi connectivity index (χ0n) is 20.7. The van der Waals surface area contributed by atoms with E-state index in [9.17, 15) is 18.0 Å². The molecule has 0 aliphatic carbocycles. The van der Waals surface area contributed by atoms with Gasteiger partial charge < -0.3 is 10.1 Å². The maximum atomic E-state index is 13.6. The lowest BCUT2D eigenvalue weighted by molar-refractivity contribution is 0.101. The van der Waals surface area contributed by atoms with Crippen molar-refractivity contribution in [2.45, 2.75) is 26.3 Å². The van der Waals surface area contributed by atoms with Crippen molar-refractivity contribution in [3.05, 3.63) is 71.4 Å². The molecule has 2 aromatic carbocycles. The summed E-state index contributed by atoms with van der Waals surface area (Å²) < 4.78 is 31.3. The lowest BCUT2D eigenvalue weighted by Gasteiger charge is -2.13. The summed E-state index contributed by atoms with van der Waals surface area (Å²) in [5, 5.41) is 8.10. The smallest absolute Gasteiger partial charge is 0.256 e. The second kappa shape index (κ2) is 9.44. The molecule has 0 radical (unpaired) electrons. The Bertz CT molecular complexity index is 1620. The highest BCUT2D eigenvalue weighted by molar-refractivity contribution is 7.91. The first-order valence-corrected chi connectivity index (χ1v) is 13.6. The number of pyridine rings is 1. The molecule has 1 saturated heterocycles. The van der Waals surface area contributed by atoms with E-state index in [4.69, 9.17) is 9.72 Å². The summed E-state index contributed by atoms with van der Waals surface area (Å²) in [5.74, 6) is 0.352. The van der Waals surface area contributed by atoms with Crippen LogP contribution in [0.25, 0.3) is 22.3 Å². The van der Waals surface area contributed by atoms with Gasteiger partial charge in [-0.15, -0.1) is 0 Å². The number of Topliss-reactive ketones (excluding diaryl/α,β-unsaturated/α-hetero) is 1. The lowest BCUT2D eigenvalue weighted by Crippen LogP contribution is -2.15. The Morgan fingerprint density at radius 2 is 1.78 bits per heavy atom. The number of carbonyl (C=O) groups excluding carboxylic acids is 2. The summed E-state index contributed by atoms with van der Waals surface area (Å²) >= 11 is 0. The van der Waals surface area contributed by atoms with Crippen molar-refractivity contribution in [3.8, 4) is 17.0 Å². The van der Waals surface area contributed by atoms with Gasteiger partial charge in [0, 0.05) is 16.8 Å². The van der Waals surface area contributed by atoms with Crippen LogP contribution in [-0.2, 0) is 9.84 Å². The zero-order valence-corrected chi connectivity index (χ0v) is 21.5. The van der Waals surface area contributed by atoms with Gasteiger partial charge in [0.05, 0.1) is 47.0 Å². The molecule has 4 aromatic rings. The number of anilines is 1. The fourth-order valence-electron chi connectivity index (χ4n) is 4.61. The minimum atomic E-state index is -3.16. The van der Waals surface area contributed by atoms with Crippen LogP contribution in [0.2, 0.25) is 0 Å². The van der Waals surface area contributed by atoms with Crippen LogP contribution < -0.4 is 10.1 Å². The van der Waals surface area contributed by atoms with Gasteiger partial charge in [-0.1, -0.05) is 0 Å². The molecule has 1 aliphatic heterocycles. The van der Waals surface area contributed by atoms with Gasteiger partial charge >= 0.3 is 0 Å². The Morgan fingerprint density at radius 3 is 2.38 bits per heavy atom. The Kier molecular flexibility index (Phi) is 6.28. The number of benzene rings is 2. The number of sulfone groups is 1. The number of ketones is 1. The highest BCUT2D eigenvalue weighted by Gasteiger charge is 2.32. The first-order chi connectivity index (χ1) is 17.6. The minimum absolute atomic E-state index is 0.0122. The van der Waals surface area contributed by atoms with Gasteiger partial charge in [0.2, 0.25) is 0 Å². The number of amides is 1. The monoisotopic (exact) mass is 518 g/mol. The number of carbonyl (C=O) groups is 2. The van der Waals surface area contributed by atoms with Crippen molar-refractivity contribution in [2.24, 2.45) is 0 Å². The van der Waals surface area contributed by atoms with Crippen molar-refractivity contribution in [3.63, 3.8) is 0 Å². The number of hydrogen-bond donors (Lipinski definition) is 1. The summed E-state index contributed by atoms with van der Waals surface area (Å²) in [7, 11) is -1.57. The number of rotatable bonds is 6. The molecule has 2 aromatic heterocycles. The van der Waals surface area contributed by atoms with Gasteiger partial charge in [-0.05, 0) is 74.9 Å². The molecular formula is C27H26N4O5S. The number of aryl methyl sites for hydroxylation is 1. The molecule has 1 fully saturated rings. The van der Waals surface area contributed by atoms with E-state index in [0.29, 0.717) is 51.4 Å². The topological polar surface area (TPSA) is 120 Å². The van der Waals surface area contributed by atoms with Crippen LogP contribution in [0.4, 0.5) is 5.69 Å². The molecule has 5 rings (SSSR count). The Balaban J connectivity index is 1.63. The minimum Gasteiger partial charge on any atom is -0.497 e. The van der Waals surface area contributed by atoms with Gasteiger partial charge in [0.15, 0.2) is 21.3 Å². The molecular weight excluding hydrogens is 492 g/mol. The van der Waals surface area contributed by atoms with Gasteiger partial charge in [0.1, 0.15) is 5.75 Å². The molecule has 0 saturated carbocycles. The third-order valence-electron chi connectivity index (χ3n) is 6.57. The van der Waals surface area contributed by atoms with E-state index in [1.807, 2.05) is 24.3 Å². The summed E-state index contributed by atoms with van der Waals surface area (Å²) in [5.41, 5.74) is 3.83. The number of nitrogens with zero attached hydrogens (tertiary/aromatic N) is 3. The van der Waals surface area contributed by atoms with Crippen LogP contribution in [0.5, 0.6) is 5.75 Å². The Morgan fingerprint density at radius 1 is 1.08 bits per heavy atom. The van der Waals surface area contributed by atoms with Crippen molar-refractivity contribution in [1.82, 2.24) is 14.8 Å². The molecule has 1 unspecified atom stereocenters. The highest BCUT2D eigenvalue weighted by Crippen LogP contribution is 2.33. The molecule has 190 valence electrons. The zero-order chi connectivity index (χ0) is 26.3. The van der Waals surface area contributed by atoms with E-state index >= 15 is 0 Å². The standard InChI is InChI=1S/C27H26N4O5S/c1-16-25-23(27(33)28-20-8-4-18(5-9-20)17(2)32)14-24(19-6-10-22(36-3)11-7-19)29-26(25)31(30-16)21-12-13-37(34,35)15-21/h4-11,14,21H,12-13,15H2,1-3H3,(H,28,33). The summed E-state index contributed by atoms with van der Waals surface area (Å²) in [6.07, 6.45) is 0.441.